The van der Waals surface area contributed by atoms with Crippen LogP contribution in [0.5, 0.6) is 0 Å². The highest BCUT2D eigenvalue weighted by molar-refractivity contribution is 6.32. The molecule has 8 heteroatoms. The van der Waals surface area contributed by atoms with Gasteiger partial charge in [-0.1, -0.05) is 11.6 Å². The zero-order chi connectivity index (χ0) is 18.6. The number of rotatable bonds is 4. The van der Waals surface area contributed by atoms with Crippen LogP contribution in [-0.2, 0) is 4.74 Å². The van der Waals surface area contributed by atoms with E-state index in [2.05, 4.69) is 20.4 Å². The van der Waals surface area contributed by atoms with Gasteiger partial charge in [0.1, 0.15) is 12.3 Å². The van der Waals surface area contributed by atoms with Gasteiger partial charge < -0.3 is 10.1 Å². The quantitative estimate of drug-likeness (QED) is 0.725. The van der Waals surface area contributed by atoms with Gasteiger partial charge in [-0.2, -0.15) is 10.4 Å². The number of hydrogen-bond acceptors (Lipinski definition) is 6. The molecule has 1 N–H and O–H groups in total. The molecule has 3 aromatic rings. The number of nitrogens with one attached hydrogen (secondary N) is 1. The highest BCUT2D eigenvalue weighted by atomic mass is 35.5. The summed E-state index contributed by atoms with van der Waals surface area (Å²) in [5.41, 5.74) is 2.96. The lowest BCUT2D eigenvalue weighted by Gasteiger charge is -2.22. The van der Waals surface area contributed by atoms with Crippen LogP contribution in [-0.4, -0.2) is 26.4 Å². The molecule has 0 saturated carbocycles. The Morgan fingerprint density at radius 2 is 2.04 bits per heavy atom. The number of benzene rings is 1. The Morgan fingerprint density at radius 1 is 1.19 bits per heavy atom. The summed E-state index contributed by atoms with van der Waals surface area (Å²) < 4.78 is 7.61. The summed E-state index contributed by atoms with van der Waals surface area (Å²) in [5, 5.41) is 16.8. The van der Waals surface area contributed by atoms with Crippen LogP contribution in [0.15, 0.2) is 43.0 Å². The second kappa shape index (κ2) is 7.74. The smallest absolute Gasteiger partial charge is 0.227 e. The summed E-state index contributed by atoms with van der Waals surface area (Å²) in [5.74, 6) is 0.447. The van der Waals surface area contributed by atoms with Crippen LogP contribution < -0.4 is 5.32 Å². The van der Waals surface area contributed by atoms with E-state index in [9.17, 15) is 0 Å². The van der Waals surface area contributed by atoms with E-state index in [0.29, 0.717) is 22.2 Å². The molecule has 1 atom stereocenters. The molecule has 1 saturated heterocycles. The minimum Gasteiger partial charge on any atom is -0.357 e. The van der Waals surface area contributed by atoms with Gasteiger partial charge in [0.05, 0.1) is 16.8 Å². The SMILES string of the molecule is N#Cc1ccc(Nc2ncc(-c3cnn(C4CCCCO4)c3)cn2)cc1Cl. The lowest BCUT2D eigenvalue weighted by Crippen LogP contribution is -2.18. The van der Waals surface area contributed by atoms with Crippen molar-refractivity contribution in [3.05, 3.63) is 53.6 Å². The second-order valence-electron chi connectivity index (χ2n) is 6.26. The largest absolute Gasteiger partial charge is 0.357 e. The van der Waals surface area contributed by atoms with Crippen LogP contribution in [0.3, 0.4) is 0 Å². The molecule has 4 rings (SSSR count). The molecular weight excluding hydrogens is 364 g/mol. The van der Waals surface area contributed by atoms with Crippen LogP contribution in [0.2, 0.25) is 5.02 Å². The molecule has 1 aromatic carbocycles. The van der Waals surface area contributed by atoms with E-state index in [1.165, 1.54) is 0 Å². The third-order valence-electron chi connectivity index (χ3n) is 4.38. The van der Waals surface area contributed by atoms with Crippen molar-refractivity contribution < 1.29 is 4.74 Å². The predicted octanol–water partition coefficient (Wildman–Crippen LogP) is 4.31. The molecule has 1 aliphatic heterocycles. The number of nitriles is 1. The summed E-state index contributed by atoms with van der Waals surface area (Å²) in [6.07, 6.45) is 10.5. The Balaban J connectivity index is 1.47. The number of aromatic nitrogens is 4. The molecule has 0 amide bonds. The van der Waals surface area contributed by atoms with Crippen molar-refractivity contribution in [2.75, 3.05) is 11.9 Å². The van der Waals surface area contributed by atoms with Crippen molar-refractivity contribution in [1.29, 1.82) is 5.26 Å². The number of anilines is 2. The van der Waals surface area contributed by atoms with E-state index < -0.39 is 0 Å². The van der Waals surface area contributed by atoms with Crippen molar-refractivity contribution in [3.63, 3.8) is 0 Å². The first-order valence-corrected chi connectivity index (χ1v) is 9.05. The Hall–Kier alpha value is -2.95. The highest BCUT2D eigenvalue weighted by Gasteiger charge is 2.17. The standard InChI is InChI=1S/C19H17ClN6O/c20-17-7-16(5-4-13(17)8-21)25-19-22-9-14(10-23-19)15-11-24-26(12-15)18-3-1-2-6-27-18/h4-5,7,9-12,18H,1-3,6H2,(H,22,23,25). The summed E-state index contributed by atoms with van der Waals surface area (Å²) in [6.45, 7) is 0.780. The van der Waals surface area contributed by atoms with Gasteiger partial charge in [-0.15, -0.1) is 0 Å². The van der Waals surface area contributed by atoms with Gasteiger partial charge in [0, 0.05) is 42.0 Å². The Morgan fingerprint density at radius 3 is 2.74 bits per heavy atom. The number of ether oxygens (including phenoxy) is 1. The van der Waals surface area contributed by atoms with Crippen molar-refractivity contribution in [2.24, 2.45) is 0 Å². The molecule has 3 heterocycles. The van der Waals surface area contributed by atoms with Gasteiger partial charge in [0.25, 0.3) is 0 Å². The van der Waals surface area contributed by atoms with E-state index in [1.807, 2.05) is 16.9 Å². The molecule has 27 heavy (non-hydrogen) atoms. The van der Waals surface area contributed by atoms with Gasteiger partial charge in [-0.25, -0.2) is 14.6 Å². The lowest BCUT2D eigenvalue weighted by atomic mass is 10.2. The maximum absolute atomic E-state index is 8.93. The summed E-state index contributed by atoms with van der Waals surface area (Å²) in [7, 11) is 0. The van der Waals surface area contributed by atoms with Crippen molar-refractivity contribution in [1.82, 2.24) is 19.7 Å². The monoisotopic (exact) mass is 380 g/mol. The van der Waals surface area contributed by atoms with Crippen LogP contribution >= 0.6 is 11.6 Å². The van der Waals surface area contributed by atoms with Crippen molar-refractivity contribution >= 4 is 23.2 Å². The van der Waals surface area contributed by atoms with Crippen LogP contribution in [0.4, 0.5) is 11.6 Å². The third kappa shape index (κ3) is 3.92. The minimum atomic E-state index is 0.00971. The Kier molecular flexibility index (Phi) is 5.01. The fourth-order valence-electron chi connectivity index (χ4n) is 2.93. The van der Waals surface area contributed by atoms with Crippen LogP contribution in [0.25, 0.3) is 11.1 Å². The molecule has 1 unspecified atom stereocenters. The van der Waals surface area contributed by atoms with Gasteiger partial charge in [0.15, 0.2) is 0 Å². The molecule has 1 aliphatic rings. The number of nitrogens with zero attached hydrogens (tertiary/aromatic N) is 5. The van der Waals surface area contributed by atoms with Gasteiger partial charge in [-0.3, -0.25) is 0 Å². The normalized spacial score (nSPS) is 16.7. The number of hydrogen-bond donors (Lipinski definition) is 1. The first-order chi connectivity index (χ1) is 13.2. The summed E-state index contributed by atoms with van der Waals surface area (Å²) in [6, 6.07) is 7.12. The molecule has 0 spiro atoms. The zero-order valence-electron chi connectivity index (χ0n) is 14.5. The summed E-state index contributed by atoms with van der Waals surface area (Å²) in [4.78, 5) is 8.69. The van der Waals surface area contributed by atoms with Gasteiger partial charge >= 0.3 is 0 Å². The molecule has 7 nitrogen and oxygen atoms in total. The maximum atomic E-state index is 8.93. The average Bonchev–Trinajstić information content (AvgIpc) is 3.20. The van der Waals surface area contributed by atoms with E-state index in [-0.39, 0.29) is 6.23 Å². The molecule has 2 aromatic heterocycles. The first-order valence-electron chi connectivity index (χ1n) is 8.68. The zero-order valence-corrected chi connectivity index (χ0v) is 15.2. The molecule has 0 aliphatic carbocycles. The highest BCUT2D eigenvalue weighted by Crippen LogP contribution is 2.26. The first kappa shape index (κ1) is 17.5. The van der Waals surface area contributed by atoms with E-state index >= 15 is 0 Å². The molecular formula is C19H17ClN6O. The minimum absolute atomic E-state index is 0.00971. The molecule has 1 fully saturated rings. The average molecular weight is 381 g/mol. The van der Waals surface area contributed by atoms with E-state index in [0.717, 1.165) is 37.0 Å². The van der Waals surface area contributed by atoms with E-state index in [4.69, 9.17) is 21.6 Å². The van der Waals surface area contributed by atoms with E-state index in [1.54, 1.807) is 36.8 Å². The van der Waals surface area contributed by atoms with Crippen LogP contribution in [0.1, 0.15) is 31.1 Å². The van der Waals surface area contributed by atoms with Gasteiger partial charge in [-0.05, 0) is 37.5 Å². The molecule has 136 valence electrons. The third-order valence-corrected chi connectivity index (χ3v) is 4.70. The lowest BCUT2D eigenvalue weighted by molar-refractivity contribution is -0.0394. The van der Waals surface area contributed by atoms with Gasteiger partial charge in [0.2, 0.25) is 5.95 Å². The topological polar surface area (TPSA) is 88.7 Å². The Labute approximate surface area is 161 Å². The fourth-order valence-corrected chi connectivity index (χ4v) is 3.15. The number of halogens is 1. The van der Waals surface area contributed by atoms with Crippen molar-refractivity contribution in [2.45, 2.75) is 25.5 Å². The fraction of sp³-hybridized carbons (Fsp3) is 0.263. The van der Waals surface area contributed by atoms with Crippen molar-refractivity contribution in [3.8, 4) is 17.2 Å². The molecule has 0 radical (unpaired) electrons. The molecule has 0 bridgehead atoms. The summed E-state index contributed by atoms with van der Waals surface area (Å²) >= 11 is 6.04. The Bertz CT molecular complexity index is 973. The predicted molar refractivity (Wildman–Crippen MR) is 102 cm³/mol. The maximum Gasteiger partial charge on any atom is 0.227 e. The van der Waals surface area contributed by atoms with Crippen LogP contribution in [0, 0.1) is 11.3 Å². The second-order valence-corrected chi connectivity index (χ2v) is 6.66.